The second kappa shape index (κ2) is 9.38. The number of para-hydroxylation sites is 1. The van der Waals surface area contributed by atoms with E-state index in [-0.39, 0.29) is 0 Å². The summed E-state index contributed by atoms with van der Waals surface area (Å²) in [5, 5.41) is 1.23. The molecule has 0 radical (unpaired) electrons. The molecule has 4 aromatic rings. The quantitative estimate of drug-likeness (QED) is 0.307. The van der Waals surface area contributed by atoms with Crippen molar-refractivity contribution in [2.24, 2.45) is 0 Å². The highest BCUT2D eigenvalue weighted by Crippen LogP contribution is 2.36. The van der Waals surface area contributed by atoms with Crippen molar-refractivity contribution in [3.8, 4) is 0 Å². The van der Waals surface area contributed by atoms with Gasteiger partial charge < -0.3 is 4.57 Å². The number of rotatable bonds is 5. The van der Waals surface area contributed by atoms with Gasteiger partial charge in [0.05, 0.1) is 4.90 Å². The molecule has 0 aliphatic carbocycles. The predicted molar refractivity (Wildman–Crippen MR) is 149 cm³/mol. The average Bonchev–Trinajstić information content (AvgIpc) is 3.11. The number of aryl methyl sites for hydroxylation is 4. The van der Waals surface area contributed by atoms with Crippen LogP contribution < -0.4 is 0 Å². The molecule has 1 aliphatic heterocycles. The van der Waals surface area contributed by atoms with E-state index in [1.807, 2.05) is 32.9 Å². The number of fused-ring (bicyclic) bond motifs is 1. The van der Waals surface area contributed by atoms with Crippen LogP contribution in [0.3, 0.4) is 0 Å². The molecular weight excluding hydrogens is 464 g/mol. The summed E-state index contributed by atoms with van der Waals surface area (Å²) in [6.07, 6.45) is 2.81. The summed E-state index contributed by atoms with van der Waals surface area (Å²) in [6, 6.07) is 21.0. The zero-order chi connectivity index (χ0) is 25.6. The monoisotopic (exact) mass is 498 g/mol. The Balaban J connectivity index is 1.51. The lowest BCUT2D eigenvalue weighted by Crippen LogP contribution is -2.35. The maximum Gasteiger partial charge on any atom is 0.243 e. The molecule has 0 bridgehead atoms. The normalized spacial score (nSPS) is 14.9. The van der Waals surface area contributed by atoms with Gasteiger partial charge in [0.15, 0.2) is 0 Å². The second-order valence-electron chi connectivity index (χ2n) is 10.1. The molecule has 0 fully saturated rings. The largest absolute Gasteiger partial charge is 0.340 e. The number of benzene rings is 3. The van der Waals surface area contributed by atoms with Gasteiger partial charge in [-0.3, -0.25) is 0 Å². The van der Waals surface area contributed by atoms with Crippen LogP contribution in [0.4, 0.5) is 0 Å². The van der Waals surface area contributed by atoms with Crippen LogP contribution in [0.15, 0.2) is 71.6 Å². The van der Waals surface area contributed by atoms with Gasteiger partial charge >= 0.3 is 0 Å². The third-order valence-electron chi connectivity index (χ3n) is 7.52. The topological polar surface area (TPSA) is 42.3 Å². The standard InChI is InChI=1S/C31H34N2O2S/c1-21-18-23(3)31(24(4)19-21)36(34,35)32-16-14-26(15-17-32)30-25(5)33(29-13-9-8-12-28(29)30)20-27-11-7-6-10-22(27)2/h6-14,18-19H,15-17,20H2,1-5H3. The summed E-state index contributed by atoms with van der Waals surface area (Å²) >= 11 is 0. The van der Waals surface area contributed by atoms with Crippen LogP contribution >= 0.6 is 0 Å². The molecule has 36 heavy (non-hydrogen) atoms. The zero-order valence-corrected chi connectivity index (χ0v) is 22.6. The van der Waals surface area contributed by atoms with Crippen molar-refractivity contribution in [3.05, 3.63) is 106 Å². The molecule has 1 aliphatic rings. The van der Waals surface area contributed by atoms with Crippen molar-refractivity contribution >= 4 is 26.5 Å². The van der Waals surface area contributed by atoms with Crippen molar-refractivity contribution in [1.29, 1.82) is 0 Å². The fraction of sp³-hybridized carbons (Fsp3) is 0.290. The first kappa shape index (κ1) is 24.5. The Morgan fingerprint density at radius 1 is 0.833 bits per heavy atom. The van der Waals surface area contributed by atoms with Gasteiger partial charge in [0, 0.05) is 41.8 Å². The van der Waals surface area contributed by atoms with E-state index in [4.69, 9.17) is 0 Å². The van der Waals surface area contributed by atoms with E-state index in [0.29, 0.717) is 24.4 Å². The van der Waals surface area contributed by atoms with Gasteiger partial charge in [0.1, 0.15) is 0 Å². The molecule has 2 heterocycles. The minimum atomic E-state index is -3.56. The predicted octanol–water partition coefficient (Wildman–Crippen LogP) is 6.71. The summed E-state index contributed by atoms with van der Waals surface area (Å²) in [7, 11) is -3.56. The maximum absolute atomic E-state index is 13.6. The fourth-order valence-electron chi connectivity index (χ4n) is 5.80. The van der Waals surface area contributed by atoms with Crippen LogP contribution in [-0.2, 0) is 16.6 Å². The third-order valence-corrected chi connectivity index (χ3v) is 9.69. The molecule has 0 amide bonds. The molecule has 5 heteroatoms. The zero-order valence-electron chi connectivity index (χ0n) is 21.8. The first-order chi connectivity index (χ1) is 17.2. The second-order valence-corrected chi connectivity index (χ2v) is 11.9. The van der Waals surface area contributed by atoms with Gasteiger partial charge in [-0.25, -0.2) is 8.42 Å². The number of aromatic nitrogens is 1. The van der Waals surface area contributed by atoms with Gasteiger partial charge in [-0.05, 0) is 74.9 Å². The van der Waals surface area contributed by atoms with Crippen molar-refractivity contribution in [2.75, 3.05) is 13.1 Å². The van der Waals surface area contributed by atoms with Gasteiger partial charge in [0.25, 0.3) is 0 Å². The highest BCUT2D eigenvalue weighted by molar-refractivity contribution is 7.89. The molecule has 0 atom stereocenters. The Morgan fingerprint density at radius 2 is 1.50 bits per heavy atom. The van der Waals surface area contributed by atoms with Gasteiger partial charge in [0.2, 0.25) is 10.0 Å². The summed E-state index contributed by atoms with van der Waals surface area (Å²) in [4.78, 5) is 0.455. The number of sulfonamides is 1. The van der Waals surface area contributed by atoms with Crippen LogP contribution in [0.2, 0.25) is 0 Å². The number of hydrogen-bond donors (Lipinski definition) is 0. The van der Waals surface area contributed by atoms with Crippen molar-refractivity contribution < 1.29 is 8.42 Å². The lowest BCUT2D eigenvalue weighted by Gasteiger charge is -2.27. The van der Waals surface area contributed by atoms with Crippen LogP contribution in [0.1, 0.15) is 45.5 Å². The average molecular weight is 499 g/mol. The van der Waals surface area contributed by atoms with Crippen molar-refractivity contribution in [3.63, 3.8) is 0 Å². The Bertz CT molecular complexity index is 1590. The minimum absolute atomic E-state index is 0.390. The number of nitrogens with zero attached hydrogens (tertiary/aromatic N) is 2. The van der Waals surface area contributed by atoms with E-state index in [1.54, 1.807) is 4.31 Å². The lowest BCUT2D eigenvalue weighted by atomic mass is 9.97. The van der Waals surface area contributed by atoms with E-state index in [9.17, 15) is 8.42 Å². The van der Waals surface area contributed by atoms with Crippen LogP contribution in [0, 0.1) is 34.6 Å². The summed E-state index contributed by atoms with van der Waals surface area (Å²) in [6.45, 7) is 11.8. The number of hydrogen-bond acceptors (Lipinski definition) is 2. The van der Waals surface area contributed by atoms with E-state index in [1.165, 1.54) is 38.9 Å². The third kappa shape index (κ3) is 4.21. The first-order valence-electron chi connectivity index (χ1n) is 12.6. The van der Waals surface area contributed by atoms with Gasteiger partial charge in [-0.2, -0.15) is 4.31 Å². The molecule has 0 spiro atoms. The molecule has 0 saturated carbocycles. The minimum Gasteiger partial charge on any atom is -0.340 e. The van der Waals surface area contributed by atoms with Gasteiger partial charge in [-0.1, -0.05) is 66.2 Å². The Morgan fingerprint density at radius 3 is 2.17 bits per heavy atom. The molecule has 1 aromatic heterocycles. The van der Waals surface area contributed by atoms with Crippen LogP contribution in [0.5, 0.6) is 0 Å². The highest BCUT2D eigenvalue weighted by Gasteiger charge is 2.30. The molecule has 186 valence electrons. The highest BCUT2D eigenvalue weighted by atomic mass is 32.2. The van der Waals surface area contributed by atoms with E-state index >= 15 is 0 Å². The molecule has 3 aromatic carbocycles. The summed E-state index contributed by atoms with van der Waals surface area (Å²) < 4.78 is 31.2. The van der Waals surface area contributed by atoms with E-state index in [2.05, 4.69) is 73.0 Å². The molecule has 0 N–H and O–H groups in total. The van der Waals surface area contributed by atoms with Crippen LogP contribution in [0.25, 0.3) is 16.5 Å². The SMILES string of the molecule is Cc1cc(C)c(S(=O)(=O)N2CC=C(c3c(C)n(Cc4ccccc4C)c4ccccc34)CC2)c(C)c1. The summed E-state index contributed by atoms with van der Waals surface area (Å²) in [5.74, 6) is 0. The van der Waals surface area contributed by atoms with Crippen molar-refractivity contribution in [2.45, 2.75) is 52.5 Å². The molecule has 0 saturated heterocycles. The fourth-order valence-corrected chi connectivity index (χ4v) is 7.59. The molecule has 0 unspecified atom stereocenters. The smallest absolute Gasteiger partial charge is 0.243 e. The van der Waals surface area contributed by atoms with E-state index < -0.39 is 10.0 Å². The van der Waals surface area contributed by atoms with Gasteiger partial charge in [-0.15, -0.1) is 0 Å². The van der Waals surface area contributed by atoms with Crippen molar-refractivity contribution in [1.82, 2.24) is 8.87 Å². The van der Waals surface area contributed by atoms with Crippen LogP contribution in [-0.4, -0.2) is 30.4 Å². The molecule has 4 nitrogen and oxygen atoms in total. The Kier molecular flexibility index (Phi) is 6.39. The Labute approximate surface area is 214 Å². The van der Waals surface area contributed by atoms with E-state index in [0.717, 1.165) is 23.2 Å². The Hall–Kier alpha value is -3.15. The molecule has 5 rings (SSSR count). The lowest BCUT2D eigenvalue weighted by molar-refractivity contribution is 0.440. The molecular formula is C31H34N2O2S. The maximum atomic E-state index is 13.6. The first-order valence-corrected chi connectivity index (χ1v) is 14.0. The summed E-state index contributed by atoms with van der Waals surface area (Å²) in [5.41, 5.74) is 10.2.